The maximum Gasteiger partial charge on any atom is 0.251 e. The van der Waals surface area contributed by atoms with Crippen LogP contribution in [-0.4, -0.2) is 24.0 Å². The second kappa shape index (κ2) is 11.7. The third-order valence-electron chi connectivity index (χ3n) is 3.15. The van der Waals surface area contributed by atoms with Gasteiger partial charge in [-0.2, -0.15) is 0 Å². The average molecular weight is 372 g/mol. The Morgan fingerprint density at radius 1 is 1.25 bits per heavy atom. The number of aryl methyl sites for hydroxylation is 1. The van der Waals surface area contributed by atoms with E-state index in [9.17, 15) is 4.79 Å². The topological polar surface area (TPSA) is 77.2 Å². The van der Waals surface area contributed by atoms with Gasteiger partial charge in [0.05, 0.1) is 6.20 Å². The molecule has 3 N–H and O–H groups in total. The summed E-state index contributed by atoms with van der Waals surface area (Å²) in [6.07, 6.45) is 2.47. The second-order valence-electron chi connectivity index (χ2n) is 5.02. The Hall–Kier alpha value is -1.82. The van der Waals surface area contributed by atoms with E-state index in [1.165, 1.54) is 0 Å². The monoisotopic (exact) mass is 371 g/mol. The number of ether oxygens (including phenoxy) is 1. The molecule has 0 aliphatic carbocycles. The first-order valence-electron chi connectivity index (χ1n) is 7.31. The summed E-state index contributed by atoms with van der Waals surface area (Å²) in [5.41, 5.74) is 7.92. The van der Waals surface area contributed by atoms with Gasteiger partial charge in [-0.25, -0.2) is 0 Å². The van der Waals surface area contributed by atoms with Crippen molar-refractivity contribution in [3.8, 4) is 5.75 Å². The van der Waals surface area contributed by atoms with Crippen molar-refractivity contribution < 1.29 is 9.53 Å². The lowest BCUT2D eigenvalue weighted by Gasteiger charge is -2.08. The van der Waals surface area contributed by atoms with Crippen LogP contribution in [0.3, 0.4) is 0 Å². The number of carbonyl (C=O) groups excluding carboxylic acids is 1. The van der Waals surface area contributed by atoms with Crippen LogP contribution in [0.1, 0.15) is 28.0 Å². The molecule has 1 aromatic heterocycles. The van der Waals surface area contributed by atoms with E-state index in [-0.39, 0.29) is 30.7 Å². The first-order valence-corrected chi connectivity index (χ1v) is 7.31. The summed E-state index contributed by atoms with van der Waals surface area (Å²) < 4.78 is 5.67. The van der Waals surface area contributed by atoms with Crippen molar-refractivity contribution in [1.29, 1.82) is 0 Å². The van der Waals surface area contributed by atoms with Crippen LogP contribution in [0.25, 0.3) is 0 Å². The normalized spacial score (nSPS) is 9.42. The SMILES string of the molecule is Cc1ccc(OCc2cccc(C(=O)NCCCN)c2)cn1.Cl.Cl. The van der Waals surface area contributed by atoms with Crippen molar-refractivity contribution in [1.82, 2.24) is 10.3 Å². The summed E-state index contributed by atoms with van der Waals surface area (Å²) >= 11 is 0. The van der Waals surface area contributed by atoms with Crippen LogP contribution in [0.5, 0.6) is 5.75 Å². The molecule has 5 nitrogen and oxygen atoms in total. The molecule has 0 atom stereocenters. The zero-order valence-corrected chi connectivity index (χ0v) is 15.2. The van der Waals surface area contributed by atoms with Crippen LogP contribution in [0.4, 0.5) is 0 Å². The van der Waals surface area contributed by atoms with E-state index in [2.05, 4.69) is 10.3 Å². The van der Waals surface area contributed by atoms with E-state index in [1.807, 2.05) is 37.3 Å². The molecule has 0 saturated heterocycles. The zero-order valence-electron chi connectivity index (χ0n) is 13.5. The maximum atomic E-state index is 12.0. The predicted octanol–water partition coefficient (Wildman–Crippen LogP) is 2.89. The lowest BCUT2D eigenvalue weighted by atomic mass is 10.1. The first-order chi connectivity index (χ1) is 10.7. The Balaban J connectivity index is 0.00000264. The van der Waals surface area contributed by atoms with Gasteiger partial charge in [0.15, 0.2) is 0 Å². The van der Waals surface area contributed by atoms with Crippen molar-refractivity contribution in [3.63, 3.8) is 0 Å². The highest BCUT2D eigenvalue weighted by molar-refractivity contribution is 5.94. The van der Waals surface area contributed by atoms with Gasteiger partial charge in [-0.3, -0.25) is 9.78 Å². The molecule has 2 rings (SSSR count). The highest BCUT2D eigenvalue weighted by Gasteiger charge is 2.06. The standard InChI is InChI=1S/C17H21N3O2.2ClH/c1-13-6-7-16(11-20-13)22-12-14-4-2-5-15(10-14)17(21)19-9-3-8-18;;/h2,4-7,10-11H,3,8-9,12,18H2,1H3,(H,19,21);2*1H. The highest BCUT2D eigenvalue weighted by Crippen LogP contribution is 2.12. The number of hydrogen-bond acceptors (Lipinski definition) is 4. The summed E-state index contributed by atoms with van der Waals surface area (Å²) in [4.78, 5) is 16.2. The number of nitrogens with two attached hydrogens (primary N) is 1. The first kappa shape index (κ1) is 22.2. The van der Waals surface area contributed by atoms with Crippen LogP contribution in [0.15, 0.2) is 42.6 Å². The molecule has 0 radical (unpaired) electrons. The molecule has 7 heteroatoms. The number of halogens is 2. The quantitative estimate of drug-likeness (QED) is 0.733. The van der Waals surface area contributed by atoms with Gasteiger partial charge in [0.1, 0.15) is 12.4 Å². The second-order valence-corrected chi connectivity index (χ2v) is 5.02. The summed E-state index contributed by atoms with van der Waals surface area (Å²) in [5.74, 6) is 0.621. The number of nitrogens with zero attached hydrogens (tertiary/aromatic N) is 1. The van der Waals surface area contributed by atoms with Gasteiger partial charge < -0.3 is 15.8 Å². The molecule has 0 unspecified atom stereocenters. The largest absolute Gasteiger partial charge is 0.487 e. The lowest BCUT2D eigenvalue weighted by molar-refractivity contribution is 0.0953. The smallest absolute Gasteiger partial charge is 0.251 e. The Kier molecular flexibility index (Phi) is 10.8. The molecule has 2 aromatic rings. The molecule has 1 aromatic carbocycles. The minimum Gasteiger partial charge on any atom is -0.487 e. The average Bonchev–Trinajstić information content (AvgIpc) is 2.55. The number of amides is 1. The van der Waals surface area contributed by atoms with Crippen molar-refractivity contribution in [2.24, 2.45) is 5.73 Å². The molecule has 1 heterocycles. The minimum absolute atomic E-state index is 0. The van der Waals surface area contributed by atoms with Crippen molar-refractivity contribution in [2.45, 2.75) is 20.0 Å². The highest BCUT2D eigenvalue weighted by atomic mass is 35.5. The Morgan fingerprint density at radius 3 is 2.71 bits per heavy atom. The molecule has 0 spiro atoms. The number of rotatable bonds is 7. The number of benzene rings is 1. The van der Waals surface area contributed by atoms with Gasteiger partial charge in [0.25, 0.3) is 5.91 Å². The number of nitrogens with one attached hydrogen (secondary N) is 1. The molecular weight excluding hydrogens is 349 g/mol. The minimum atomic E-state index is -0.0905. The fourth-order valence-electron chi connectivity index (χ4n) is 1.91. The van der Waals surface area contributed by atoms with Gasteiger partial charge in [-0.1, -0.05) is 12.1 Å². The summed E-state index contributed by atoms with van der Waals surface area (Å²) in [7, 11) is 0. The molecule has 1 amide bonds. The van der Waals surface area contributed by atoms with E-state index >= 15 is 0 Å². The van der Waals surface area contributed by atoms with Gasteiger partial charge in [-0.15, -0.1) is 24.8 Å². The molecule has 0 saturated carbocycles. The summed E-state index contributed by atoms with van der Waals surface area (Å²) in [6.45, 7) is 3.48. The number of carbonyl (C=O) groups is 1. The van der Waals surface area contributed by atoms with Crippen LogP contribution >= 0.6 is 24.8 Å². The van der Waals surface area contributed by atoms with Crippen molar-refractivity contribution in [2.75, 3.05) is 13.1 Å². The Labute approximate surface area is 154 Å². The molecular formula is C17H23Cl2N3O2. The Bertz CT molecular complexity index is 621. The lowest BCUT2D eigenvalue weighted by Crippen LogP contribution is -2.26. The van der Waals surface area contributed by atoms with Crippen molar-refractivity contribution in [3.05, 3.63) is 59.4 Å². The van der Waals surface area contributed by atoms with Gasteiger partial charge in [0, 0.05) is 17.8 Å². The van der Waals surface area contributed by atoms with E-state index in [0.29, 0.717) is 31.0 Å². The van der Waals surface area contributed by atoms with Gasteiger partial charge in [0.2, 0.25) is 0 Å². The molecule has 0 fully saturated rings. The maximum absolute atomic E-state index is 12.0. The molecule has 24 heavy (non-hydrogen) atoms. The number of pyridine rings is 1. The fourth-order valence-corrected chi connectivity index (χ4v) is 1.91. The van der Waals surface area contributed by atoms with E-state index in [1.54, 1.807) is 12.3 Å². The van der Waals surface area contributed by atoms with Crippen LogP contribution in [-0.2, 0) is 6.61 Å². The third-order valence-corrected chi connectivity index (χ3v) is 3.15. The molecule has 0 aliphatic rings. The van der Waals surface area contributed by atoms with E-state index < -0.39 is 0 Å². The van der Waals surface area contributed by atoms with Gasteiger partial charge >= 0.3 is 0 Å². The van der Waals surface area contributed by atoms with Gasteiger partial charge in [-0.05, 0) is 49.7 Å². The van der Waals surface area contributed by atoms with E-state index in [0.717, 1.165) is 17.7 Å². The van der Waals surface area contributed by atoms with Crippen molar-refractivity contribution >= 4 is 30.7 Å². The third kappa shape index (κ3) is 7.17. The van der Waals surface area contributed by atoms with Crippen LogP contribution in [0, 0.1) is 6.92 Å². The zero-order chi connectivity index (χ0) is 15.8. The summed E-state index contributed by atoms with van der Waals surface area (Å²) in [5, 5.41) is 2.84. The Morgan fingerprint density at radius 2 is 2.04 bits per heavy atom. The number of hydrogen-bond donors (Lipinski definition) is 2. The van der Waals surface area contributed by atoms with Crippen LogP contribution in [0.2, 0.25) is 0 Å². The number of aromatic nitrogens is 1. The fraction of sp³-hybridized carbons (Fsp3) is 0.294. The van der Waals surface area contributed by atoms with E-state index in [4.69, 9.17) is 10.5 Å². The molecule has 0 aliphatic heterocycles. The summed E-state index contributed by atoms with van der Waals surface area (Å²) in [6, 6.07) is 11.2. The predicted molar refractivity (Wildman–Crippen MR) is 100 cm³/mol. The van der Waals surface area contributed by atoms with Crippen LogP contribution < -0.4 is 15.8 Å². The molecule has 0 bridgehead atoms. The molecule has 132 valence electrons.